The molecule has 0 fully saturated rings. The molecule has 1 rings (SSSR count). The number of thiocarbonyl (C=S) groups is 1. The molecule has 0 saturated carbocycles. The summed E-state index contributed by atoms with van der Waals surface area (Å²) in [7, 11) is 0. The van der Waals surface area contributed by atoms with Gasteiger partial charge in [0.2, 0.25) is 0 Å². The van der Waals surface area contributed by atoms with Crippen LogP contribution in [0, 0.1) is 0 Å². The molecular formula is C9H12BrNOS. The lowest BCUT2D eigenvalue weighted by molar-refractivity contribution is 0.159. The van der Waals surface area contributed by atoms with Crippen molar-refractivity contribution in [2.24, 2.45) is 5.73 Å². The van der Waals surface area contributed by atoms with Crippen LogP contribution in [0.1, 0.15) is 5.56 Å². The molecule has 0 radical (unpaired) electrons. The average Bonchev–Trinajstić information content (AvgIpc) is 2.05. The van der Waals surface area contributed by atoms with E-state index in [1.165, 1.54) is 0 Å². The van der Waals surface area contributed by atoms with Crippen LogP contribution < -0.4 is 5.73 Å². The highest BCUT2D eigenvalue weighted by Crippen LogP contribution is 1.99. The van der Waals surface area contributed by atoms with E-state index >= 15 is 0 Å². The van der Waals surface area contributed by atoms with E-state index in [0.29, 0.717) is 18.2 Å². The third kappa shape index (κ3) is 5.74. The molecule has 0 atom stereocenters. The van der Waals surface area contributed by atoms with Gasteiger partial charge in [-0.25, -0.2) is 0 Å². The summed E-state index contributed by atoms with van der Waals surface area (Å²) in [5, 5.41) is 0. The smallest absolute Gasteiger partial charge is 0.0989 e. The second-order valence-corrected chi connectivity index (χ2v) is 2.97. The van der Waals surface area contributed by atoms with Crippen LogP contribution >= 0.6 is 29.2 Å². The first-order valence-corrected chi connectivity index (χ1v) is 4.10. The Morgan fingerprint density at radius 1 is 1.31 bits per heavy atom. The van der Waals surface area contributed by atoms with E-state index < -0.39 is 0 Å². The van der Waals surface area contributed by atoms with Crippen molar-refractivity contribution < 1.29 is 4.74 Å². The molecule has 1 aromatic rings. The van der Waals surface area contributed by atoms with Gasteiger partial charge < -0.3 is 10.5 Å². The zero-order chi connectivity index (χ0) is 8.81. The summed E-state index contributed by atoms with van der Waals surface area (Å²) in [4.78, 5) is 0.394. The predicted molar refractivity (Wildman–Crippen MR) is 63.2 cm³/mol. The zero-order valence-electron chi connectivity index (χ0n) is 7.10. The SMILES string of the molecule is Br.NC(=S)COCc1ccccc1. The highest BCUT2D eigenvalue weighted by molar-refractivity contribution is 8.93. The van der Waals surface area contributed by atoms with E-state index in [9.17, 15) is 0 Å². The predicted octanol–water partition coefficient (Wildman–Crippen LogP) is 2.07. The first-order chi connectivity index (χ1) is 5.79. The lowest BCUT2D eigenvalue weighted by atomic mass is 10.2. The van der Waals surface area contributed by atoms with E-state index in [1.807, 2.05) is 30.3 Å². The van der Waals surface area contributed by atoms with Gasteiger partial charge in [-0.15, -0.1) is 17.0 Å². The summed E-state index contributed by atoms with van der Waals surface area (Å²) < 4.78 is 5.21. The Bertz CT molecular complexity index is 253. The molecule has 0 aliphatic carbocycles. The van der Waals surface area contributed by atoms with Crippen LogP contribution in [0.15, 0.2) is 30.3 Å². The Morgan fingerprint density at radius 2 is 1.92 bits per heavy atom. The van der Waals surface area contributed by atoms with E-state index in [1.54, 1.807) is 0 Å². The van der Waals surface area contributed by atoms with Gasteiger partial charge in [0, 0.05) is 0 Å². The Labute approximate surface area is 93.9 Å². The molecule has 0 amide bonds. The summed E-state index contributed by atoms with van der Waals surface area (Å²) in [5.41, 5.74) is 6.40. The number of benzene rings is 1. The van der Waals surface area contributed by atoms with Gasteiger partial charge in [0.25, 0.3) is 0 Å². The molecule has 0 aromatic heterocycles. The maximum atomic E-state index is 5.26. The minimum absolute atomic E-state index is 0. The molecule has 0 bridgehead atoms. The van der Waals surface area contributed by atoms with E-state index in [-0.39, 0.29) is 17.0 Å². The second-order valence-electron chi connectivity index (χ2n) is 2.44. The largest absolute Gasteiger partial charge is 0.391 e. The van der Waals surface area contributed by atoms with Crippen molar-refractivity contribution in [2.45, 2.75) is 6.61 Å². The van der Waals surface area contributed by atoms with E-state index in [4.69, 9.17) is 10.5 Å². The molecule has 2 nitrogen and oxygen atoms in total. The lowest BCUT2D eigenvalue weighted by Crippen LogP contribution is -2.15. The zero-order valence-corrected chi connectivity index (χ0v) is 9.63. The van der Waals surface area contributed by atoms with Gasteiger partial charge in [-0.05, 0) is 5.56 Å². The van der Waals surface area contributed by atoms with E-state index in [0.717, 1.165) is 5.56 Å². The lowest BCUT2D eigenvalue weighted by Gasteiger charge is -2.01. The summed E-state index contributed by atoms with van der Waals surface area (Å²) in [6, 6.07) is 9.91. The van der Waals surface area contributed by atoms with Crippen LogP contribution in [0.25, 0.3) is 0 Å². The Kier molecular flexibility index (Phi) is 6.76. The minimum Gasteiger partial charge on any atom is -0.391 e. The van der Waals surface area contributed by atoms with Crippen LogP contribution in [0.2, 0.25) is 0 Å². The summed E-state index contributed by atoms with van der Waals surface area (Å²) in [6.07, 6.45) is 0. The molecule has 4 heteroatoms. The molecular weight excluding hydrogens is 250 g/mol. The molecule has 13 heavy (non-hydrogen) atoms. The average molecular weight is 262 g/mol. The fourth-order valence-electron chi connectivity index (χ4n) is 0.844. The molecule has 0 heterocycles. The van der Waals surface area contributed by atoms with Gasteiger partial charge in [-0.3, -0.25) is 0 Å². The van der Waals surface area contributed by atoms with Crippen LogP contribution in [0.5, 0.6) is 0 Å². The van der Waals surface area contributed by atoms with Gasteiger partial charge in [0.15, 0.2) is 0 Å². The van der Waals surface area contributed by atoms with Crippen LogP contribution in [-0.2, 0) is 11.3 Å². The monoisotopic (exact) mass is 261 g/mol. The van der Waals surface area contributed by atoms with Gasteiger partial charge >= 0.3 is 0 Å². The van der Waals surface area contributed by atoms with Crippen LogP contribution in [-0.4, -0.2) is 11.6 Å². The van der Waals surface area contributed by atoms with Crippen LogP contribution in [0.3, 0.4) is 0 Å². The fraction of sp³-hybridized carbons (Fsp3) is 0.222. The topological polar surface area (TPSA) is 35.2 Å². The molecule has 0 spiro atoms. The maximum Gasteiger partial charge on any atom is 0.0989 e. The Balaban J connectivity index is 0.00000144. The molecule has 1 aromatic carbocycles. The van der Waals surface area contributed by atoms with E-state index in [2.05, 4.69) is 12.2 Å². The molecule has 2 N–H and O–H groups in total. The van der Waals surface area contributed by atoms with Gasteiger partial charge in [-0.1, -0.05) is 42.5 Å². The minimum atomic E-state index is 0. The van der Waals surface area contributed by atoms with Crippen molar-refractivity contribution in [3.05, 3.63) is 35.9 Å². The molecule has 0 aliphatic rings. The van der Waals surface area contributed by atoms with Crippen LogP contribution in [0.4, 0.5) is 0 Å². The molecule has 0 unspecified atom stereocenters. The number of hydrogen-bond donors (Lipinski definition) is 1. The highest BCUT2D eigenvalue weighted by atomic mass is 79.9. The summed E-state index contributed by atoms with van der Waals surface area (Å²) in [5.74, 6) is 0. The number of halogens is 1. The van der Waals surface area contributed by atoms with Gasteiger partial charge in [0.1, 0.15) is 0 Å². The maximum absolute atomic E-state index is 5.26. The molecule has 0 aliphatic heterocycles. The summed E-state index contributed by atoms with van der Waals surface area (Å²) >= 11 is 4.66. The molecule has 72 valence electrons. The van der Waals surface area contributed by atoms with Gasteiger partial charge in [-0.2, -0.15) is 0 Å². The van der Waals surface area contributed by atoms with Gasteiger partial charge in [0.05, 0.1) is 18.2 Å². The first kappa shape index (κ1) is 12.6. The summed E-state index contributed by atoms with van der Waals surface area (Å²) in [6.45, 7) is 0.919. The van der Waals surface area contributed by atoms with Crippen molar-refractivity contribution in [3.8, 4) is 0 Å². The number of nitrogens with two attached hydrogens (primary N) is 1. The third-order valence-corrected chi connectivity index (χ3v) is 1.47. The number of rotatable bonds is 4. The fourth-order valence-corrected chi connectivity index (χ4v) is 0.927. The molecule has 0 saturated heterocycles. The van der Waals surface area contributed by atoms with Crippen molar-refractivity contribution in [1.29, 1.82) is 0 Å². The quantitative estimate of drug-likeness (QED) is 0.844. The Hall–Kier alpha value is -0.450. The van der Waals surface area contributed by atoms with Crippen molar-refractivity contribution in [1.82, 2.24) is 0 Å². The van der Waals surface area contributed by atoms with Crippen molar-refractivity contribution >= 4 is 34.2 Å². The van der Waals surface area contributed by atoms with Crippen molar-refractivity contribution in [3.63, 3.8) is 0 Å². The standard InChI is InChI=1S/C9H11NOS.BrH/c10-9(12)7-11-6-8-4-2-1-3-5-8;/h1-5H,6-7H2,(H2,10,12);1H. The number of ether oxygens (including phenoxy) is 1. The normalized spacial score (nSPS) is 8.92. The first-order valence-electron chi connectivity index (χ1n) is 3.69. The second kappa shape index (κ2) is 7.00. The Morgan fingerprint density at radius 3 is 2.46 bits per heavy atom. The highest BCUT2D eigenvalue weighted by Gasteiger charge is 1.91. The van der Waals surface area contributed by atoms with Crippen molar-refractivity contribution in [2.75, 3.05) is 6.61 Å². The number of hydrogen-bond acceptors (Lipinski definition) is 2. The third-order valence-electron chi connectivity index (χ3n) is 1.36.